The summed E-state index contributed by atoms with van der Waals surface area (Å²) in [5.41, 5.74) is 10.1. The third-order valence-corrected chi connectivity index (χ3v) is 4.09. The topological polar surface area (TPSA) is 55.1 Å². The van der Waals surface area contributed by atoms with Crippen molar-refractivity contribution in [3.8, 4) is 0 Å². The molecular formula is C16H14ClFN2O. The standard InChI is InChI=1S/C16H14ClFN2O/c1-8-2-3-10(18)6-11(8)16(19)12-4-9-5-15(21)20-14(9)7-13(12)17/h2-4,6-7,16H,5,19H2,1H3,(H,20,21). The maximum atomic E-state index is 13.5. The van der Waals surface area contributed by atoms with Crippen molar-refractivity contribution in [1.29, 1.82) is 0 Å². The summed E-state index contributed by atoms with van der Waals surface area (Å²) in [5.74, 6) is -0.395. The van der Waals surface area contributed by atoms with Gasteiger partial charge in [-0.2, -0.15) is 0 Å². The molecule has 3 N–H and O–H groups in total. The van der Waals surface area contributed by atoms with Gasteiger partial charge in [0.2, 0.25) is 5.91 Å². The minimum absolute atomic E-state index is 0.0614. The van der Waals surface area contributed by atoms with Crippen molar-refractivity contribution < 1.29 is 9.18 Å². The van der Waals surface area contributed by atoms with Crippen molar-refractivity contribution in [1.82, 2.24) is 0 Å². The second-order valence-corrected chi connectivity index (χ2v) is 5.64. The van der Waals surface area contributed by atoms with Crippen LogP contribution in [0.4, 0.5) is 10.1 Å². The molecule has 1 aliphatic rings. The molecule has 0 fully saturated rings. The number of anilines is 1. The van der Waals surface area contributed by atoms with Gasteiger partial charge in [-0.25, -0.2) is 4.39 Å². The second-order valence-electron chi connectivity index (χ2n) is 5.23. The molecule has 0 saturated heterocycles. The van der Waals surface area contributed by atoms with Crippen LogP contribution in [-0.2, 0) is 11.2 Å². The number of nitrogens with two attached hydrogens (primary N) is 1. The third kappa shape index (κ3) is 2.52. The number of halogens is 2. The van der Waals surface area contributed by atoms with E-state index in [0.29, 0.717) is 22.6 Å². The van der Waals surface area contributed by atoms with Crippen molar-refractivity contribution in [2.75, 3.05) is 5.32 Å². The molecule has 0 aromatic heterocycles. The zero-order valence-corrected chi connectivity index (χ0v) is 12.2. The van der Waals surface area contributed by atoms with Crippen LogP contribution in [0.5, 0.6) is 0 Å². The number of nitrogens with one attached hydrogen (secondary N) is 1. The molecule has 1 heterocycles. The number of fused-ring (bicyclic) bond motifs is 1. The van der Waals surface area contributed by atoms with Gasteiger partial charge < -0.3 is 11.1 Å². The summed E-state index contributed by atoms with van der Waals surface area (Å²) < 4.78 is 13.5. The first-order valence-electron chi connectivity index (χ1n) is 6.59. The van der Waals surface area contributed by atoms with Crippen molar-refractivity contribution in [2.24, 2.45) is 5.73 Å². The van der Waals surface area contributed by atoms with Crippen LogP contribution >= 0.6 is 11.6 Å². The van der Waals surface area contributed by atoms with E-state index in [1.165, 1.54) is 12.1 Å². The molecule has 3 nitrogen and oxygen atoms in total. The van der Waals surface area contributed by atoms with E-state index in [1.54, 1.807) is 12.1 Å². The van der Waals surface area contributed by atoms with Gasteiger partial charge in [-0.3, -0.25) is 4.79 Å². The smallest absolute Gasteiger partial charge is 0.228 e. The van der Waals surface area contributed by atoms with Crippen LogP contribution < -0.4 is 11.1 Å². The summed E-state index contributed by atoms with van der Waals surface area (Å²) in [6.45, 7) is 1.88. The Labute approximate surface area is 126 Å². The number of aryl methyl sites for hydroxylation is 1. The van der Waals surface area contributed by atoms with Crippen LogP contribution in [0.3, 0.4) is 0 Å². The summed E-state index contributed by atoms with van der Waals surface area (Å²) in [6.07, 6.45) is 0.314. The molecule has 1 aliphatic heterocycles. The Balaban J connectivity index is 2.06. The van der Waals surface area contributed by atoms with E-state index in [2.05, 4.69) is 5.32 Å². The van der Waals surface area contributed by atoms with Gasteiger partial charge in [0.25, 0.3) is 0 Å². The molecule has 0 saturated carbocycles. The first-order valence-corrected chi connectivity index (χ1v) is 6.97. The lowest BCUT2D eigenvalue weighted by atomic mass is 9.94. The van der Waals surface area contributed by atoms with Gasteiger partial charge in [-0.15, -0.1) is 0 Å². The Morgan fingerprint density at radius 1 is 1.29 bits per heavy atom. The zero-order chi connectivity index (χ0) is 15.1. The van der Waals surface area contributed by atoms with E-state index < -0.39 is 6.04 Å². The van der Waals surface area contributed by atoms with E-state index in [-0.39, 0.29) is 11.7 Å². The zero-order valence-electron chi connectivity index (χ0n) is 11.4. The Morgan fingerprint density at radius 3 is 2.81 bits per heavy atom. The maximum Gasteiger partial charge on any atom is 0.228 e. The molecule has 108 valence electrons. The van der Waals surface area contributed by atoms with Crippen LogP contribution in [0.2, 0.25) is 5.02 Å². The van der Waals surface area contributed by atoms with Gasteiger partial charge >= 0.3 is 0 Å². The van der Waals surface area contributed by atoms with Gasteiger partial charge in [0.15, 0.2) is 0 Å². The summed E-state index contributed by atoms with van der Waals surface area (Å²) in [4.78, 5) is 11.4. The molecule has 0 radical (unpaired) electrons. The number of hydrogen-bond acceptors (Lipinski definition) is 2. The van der Waals surface area contributed by atoms with Crippen LogP contribution in [0.25, 0.3) is 0 Å². The molecule has 5 heteroatoms. The fourth-order valence-electron chi connectivity index (χ4n) is 2.62. The molecule has 0 spiro atoms. The van der Waals surface area contributed by atoms with E-state index in [1.807, 2.05) is 13.0 Å². The normalized spacial score (nSPS) is 14.8. The molecule has 21 heavy (non-hydrogen) atoms. The van der Waals surface area contributed by atoms with Crippen molar-refractivity contribution in [2.45, 2.75) is 19.4 Å². The fraction of sp³-hybridized carbons (Fsp3) is 0.188. The average molecular weight is 305 g/mol. The average Bonchev–Trinajstić information content (AvgIpc) is 2.79. The Morgan fingerprint density at radius 2 is 2.05 bits per heavy atom. The maximum absolute atomic E-state index is 13.5. The van der Waals surface area contributed by atoms with E-state index in [0.717, 1.165) is 16.8 Å². The highest BCUT2D eigenvalue weighted by molar-refractivity contribution is 6.32. The van der Waals surface area contributed by atoms with Crippen molar-refractivity contribution >= 4 is 23.2 Å². The Hall–Kier alpha value is -1.91. The lowest BCUT2D eigenvalue weighted by Crippen LogP contribution is -2.14. The Bertz CT molecular complexity index is 745. The van der Waals surface area contributed by atoms with E-state index in [4.69, 9.17) is 17.3 Å². The molecule has 0 bridgehead atoms. The summed E-state index contributed by atoms with van der Waals surface area (Å²) >= 11 is 6.27. The highest BCUT2D eigenvalue weighted by Gasteiger charge is 2.23. The first-order chi connectivity index (χ1) is 9.95. The molecule has 0 aliphatic carbocycles. The number of benzene rings is 2. The van der Waals surface area contributed by atoms with Gasteiger partial charge in [0, 0.05) is 10.7 Å². The summed E-state index contributed by atoms with van der Waals surface area (Å²) in [5, 5.41) is 3.21. The number of hydrogen-bond donors (Lipinski definition) is 2. The number of amides is 1. The highest BCUT2D eigenvalue weighted by Crippen LogP contribution is 2.35. The summed E-state index contributed by atoms with van der Waals surface area (Å²) in [6, 6.07) is 7.51. The summed E-state index contributed by atoms with van der Waals surface area (Å²) in [7, 11) is 0. The minimum Gasteiger partial charge on any atom is -0.325 e. The van der Waals surface area contributed by atoms with E-state index in [9.17, 15) is 9.18 Å². The van der Waals surface area contributed by atoms with E-state index >= 15 is 0 Å². The van der Waals surface area contributed by atoms with Crippen LogP contribution in [0.1, 0.15) is 28.3 Å². The van der Waals surface area contributed by atoms with Crippen LogP contribution in [0, 0.1) is 12.7 Å². The van der Waals surface area contributed by atoms with Gasteiger partial charge in [-0.05, 0) is 53.4 Å². The van der Waals surface area contributed by atoms with Gasteiger partial charge in [0.05, 0.1) is 12.5 Å². The number of rotatable bonds is 2. The highest BCUT2D eigenvalue weighted by atomic mass is 35.5. The quantitative estimate of drug-likeness (QED) is 0.894. The molecule has 3 rings (SSSR count). The molecule has 2 aromatic carbocycles. The van der Waals surface area contributed by atoms with Crippen molar-refractivity contribution in [3.05, 3.63) is 63.4 Å². The monoisotopic (exact) mass is 304 g/mol. The fourth-order valence-corrected chi connectivity index (χ4v) is 2.90. The SMILES string of the molecule is Cc1ccc(F)cc1C(N)c1cc2c(cc1Cl)NC(=O)C2. The van der Waals surface area contributed by atoms with Crippen molar-refractivity contribution in [3.63, 3.8) is 0 Å². The Kier molecular flexibility index (Phi) is 3.43. The molecular weight excluding hydrogens is 291 g/mol. The molecule has 1 amide bonds. The van der Waals surface area contributed by atoms with Crippen LogP contribution in [-0.4, -0.2) is 5.91 Å². The molecule has 1 unspecified atom stereocenters. The number of carbonyl (C=O) groups is 1. The predicted molar refractivity (Wildman–Crippen MR) is 81.0 cm³/mol. The lowest BCUT2D eigenvalue weighted by molar-refractivity contribution is -0.115. The molecule has 1 atom stereocenters. The second kappa shape index (κ2) is 5.13. The van der Waals surface area contributed by atoms with Crippen LogP contribution in [0.15, 0.2) is 30.3 Å². The third-order valence-electron chi connectivity index (χ3n) is 3.76. The lowest BCUT2D eigenvalue weighted by Gasteiger charge is -2.18. The first kappa shape index (κ1) is 14.0. The van der Waals surface area contributed by atoms with Gasteiger partial charge in [-0.1, -0.05) is 17.7 Å². The minimum atomic E-state index is -0.533. The van der Waals surface area contributed by atoms with Gasteiger partial charge in [0.1, 0.15) is 5.82 Å². The number of carbonyl (C=O) groups excluding carboxylic acids is 1. The predicted octanol–water partition coefficient (Wildman–Crippen LogP) is 3.33. The molecule has 2 aromatic rings. The largest absolute Gasteiger partial charge is 0.325 e.